The van der Waals surface area contributed by atoms with E-state index >= 15 is 0 Å². The third kappa shape index (κ3) is 6.80. The van der Waals surface area contributed by atoms with Crippen LogP contribution in [0.25, 0.3) is 38.8 Å². The minimum atomic E-state index is -0.143. The Morgan fingerprint density at radius 1 is 0.379 bits per heavy atom. The van der Waals surface area contributed by atoms with Gasteiger partial charge in [0.1, 0.15) is 0 Å². The first-order chi connectivity index (χ1) is 31.7. The van der Waals surface area contributed by atoms with Crippen LogP contribution in [0.4, 0.5) is 34.1 Å². The molecule has 2 aliphatic heterocycles. The van der Waals surface area contributed by atoms with Crippen LogP contribution in [0.3, 0.4) is 0 Å². The molecular formula is C62H58BN3. The molecule has 0 bridgehead atoms. The van der Waals surface area contributed by atoms with Crippen molar-refractivity contribution in [1.82, 2.24) is 4.57 Å². The van der Waals surface area contributed by atoms with Gasteiger partial charge in [-0.1, -0.05) is 190 Å². The summed E-state index contributed by atoms with van der Waals surface area (Å²) in [4.78, 5) is 5.18. The van der Waals surface area contributed by atoms with E-state index in [1.807, 2.05) is 0 Å². The van der Waals surface area contributed by atoms with E-state index in [9.17, 15) is 0 Å². The summed E-state index contributed by atoms with van der Waals surface area (Å²) in [5, 5.41) is 2.45. The van der Waals surface area contributed by atoms with Crippen LogP contribution in [0, 0.1) is 0 Å². The van der Waals surface area contributed by atoms with E-state index in [0.717, 1.165) is 17.1 Å². The van der Waals surface area contributed by atoms with Gasteiger partial charge in [0.2, 0.25) is 0 Å². The molecule has 0 N–H and O–H groups in total. The van der Waals surface area contributed by atoms with Crippen molar-refractivity contribution in [3.8, 4) is 28.1 Å². The molecule has 1 aromatic heterocycles. The van der Waals surface area contributed by atoms with Gasteiger partial charge in [0.25, 0.3) is 6.71 Å². The predicted octanol–water partition coefficient (Wildman–Crippen LogP) is 14.9. The van der Waals surface area contributed by atoms with E-state index in [0.29, 0.717) is 0 Å². The second kappa shape index (κ2) is 15.3. The van der Waals surface area contributed by atoms with E-state index in [-0.39, 0.29) is 23.0 Å². The molecular weight excluding hydrogens is 798 g/mol. The highest BCUT2D eigenvalue weighted by atomic mass is 15.2. The van der Waals surface area contributed by atoms with Gasteiger partial charge in [-0.3, -0.25) is 0 Å². The molecule has 0 radical (unpaired) electrons. The van der Waals surface area contributed by atoms with Crippen molar-refractivity contribution < 1.29 is 0 Å². The number of fused-ring (bicyclic) bond motifs is 5. The Morgan fingerprint density at radius 2 is 0.894 bits per heavy atom. The van der Waals surface area contributed by atoms with Crippen LogP contribution >= 0.6 is 0 Å². The van der Waals surface area contributed by atoms with E-state index < -0.39 is 0 Å². The quantitative estimate of drug-likeness (QED) is 0.160. The Hall–Kier alpha value is -7.04. The van der Waals surface area contributed by atoms with Crippen LogP contribution in [-0.2, 0) is 16.2 Å². The van der Waals surface area contributed by atoms with Gasteiger partial charge in [0, 0.05) is 45.3 Å². The fraction of sp³-hybridized carbons (Fsp3) is 0.194. The van der Waals surface area contributed by atoms with Gasteiger partial charge in [-0.25, -0.2) is 0 Å². The zero-order valence-corrected chi connectivity index (χ0v) is 39.8. The highest BCUT2D eigenvalue weighted by Crippen LogP contribution is 2.52. The highest BCUT2D eigenvalue weighted by Gasteiger charge is 2.48. The molecule has 0 saturated heterocycles. The monoisotopic (exact) mass is 855 g/mol. The van der Waals surface area contributed by atoms with E-state index in [4.69, 9.17) is 0 Å². The third-order valence-corrected chi connectivity index (χ3v) is 14.0. The summed E-state index contributed by atoms with van der Waals surface area (Å²) in [5.41, 5.74) is 20.8. The van der Waals surface area contributed by atoms with Gasteiger partial charge < -0.3 is 14.4 Å². The van der Waals surface area contributed by atoms with Gasteiger partial charge in [-0.05, 0) is 126 Å². The molecule has 11 rings (SSSR count). The second-order valence-corrected chi connectivity index (χ2v) is 21.5. The number of rotatable bonds is 5. The van der Waals surface area contributed by atoms with Gasteiger partial charge in [0.05, 0.1) is 11.4 Å². The first-order valence-corrected chi connectivity index (χ1v) is 23.6. The van der Waals surface area contributed by atoms with Crippen molar-refractivity contribution in [2.45, 2.75) is 78.6 Å². The molecule has 0 spiro atoms. The number of anilines is 6. The minimum Gasteiger partial charge on any atom is -0.319 e. The molecule has 4 heteroatoms. The lowest BCUT2D eigenvalue weighted by atomic mass is 9.34. The molecule has 3 nitrogen and oxygen atoms in total. The van der Waals surface area contributed by atoms with Crippen LogP contribution in [0.1, 0.15) is 79.0 Å². The SMILES string of the molecule is CC(C)(C)c1ccc(N2c3ccccc3B3c4c2cc(C(C)(C)C)cc4N(c2ccc(C(C)(C)C)cc2)c2c(-c4ccccc4)c(-c4ccc5ccccc5c4)n(-c4ccccc4)c23)cc1. The Labute approximate surface area is 392 Å². The topological polar surface area (TPSA) is 11.4 Å². The van der Waals surface area contributed by atoms with Crippen LogP contribution in [0.2, 0.25) is 0 Å². The van der Waals surface area contributed by atoms with Crippen molar-refractivity contribution in [3.63, 3.8) is 0 Å². The number of aromatic nitrogens is 1. The van der Waals surface area contributed by atoms with Crippen LogP contribution in [-0.4, -0.2) is 11.3 Å². The number of hydrogen-bond acceptors (Lipinski definition) is 2. The highest BCUT2D eigenvalue weighted by molar-refractivity contribution is 7.00. The summed E-state index contributed by atoms with van der Waals surface area (Å²) in [6, 6.07) is 71.0. The van der Waals surface area contributed by atoms with Gasteiger partial charge >= 0.3 is 0 Å². The fourth-order valence-electron chi connectivity index (χ4n) is 10.5. The van der Waals surface area contributed by atoms with E-state index in [1.54, 1.807) is 0 Å². The number of hydrogen-bond donors (Lipinski definition) is 0. The van der Waals surface area contributed by atoms with Crippen molar-refractivity contribution in [2.24, 2.45) is 0 Å². The molecule has 0 aliphatic carbocycles. The molecule has 0 atom stereocenters. The number of benzene rings is 8. The lowest BCUT2D eigenvalue weighted by Crippen LogP contribution is -2.63. The number of nitrogens with zero attached hydrogens (tertiary/aromatic N) is 3. The molecule has 3 heterocycles. The maximum absolute atomic E-state index is 2.63. The van der Waals surface area contributed by atoms with E-state index in [2.05, 4.69) is 265 Å². The first-order valence-electron chi connectivity index (χ1n) is 23.6. The normalized spacial score (nSPS) is 13.4. The molecule has 0 saturated carbocycles. The average Bonchev–Trinajstić information content (AvgIpc) is 3.66. The van der Waals surface area contributed by atoms with Crippen LogP contribution in [0.15, 0.2) is 188 Å². The maximum Gasteiger partial charge on any atom is 0.273 e. The summed E-state index contributed by atoms with van der Waals surface area (Å²) in [6.45, 7) is 20.8. The third-order valence-electron chi connectivity index (χ3n) is 14.0. The molecule has 2 aliphatic rings. The molecule has 66 heavy (non-hydrogen) atoms. The van der Waals surface area contributed by atoms with Gasteiger partial charge in [-0.15, -0.1) is 0 Å². The van der Waals surface area contributed by atoms with Crippen LogP contribution < -0.4 is 26.3 Å². The first kappa shape index (κ1) is 41.7. The second-order valence-electron chi connectivity index (χ2n) is 21.5. The summed E-state index contributed by atoms with van der Waals surface area (Å²) in [7, 11) is 0. The molecule has 0 amide bonds. The Kier molecular flexibility index (Phi) is 9.64. The summed E-state index contributed by atoms with van der Waals surface area (Å²) < 4.78 is 2.62. The fourth-order valence-corrected chi connectivity index (χ4v) is 10.5. The van der Waals surface area contributed by atoms with Gasteiger partial charge in [-0.2, -0.15) is 0 Å². The molecule has 0 fully saturated rings. The molecule has 0 unspecified atom stereocenters. The molecule has 9 aromatic rings. The number of para-hydroxylation sites is 2. The van der Waals surface area contributed by atoms with Crippen molar-refractivity contribution in [3.05, 3.63) is 205 Å². The Bertz CT molecular complexity index is 3290. The Morgan fingerprint density at radius 3 is 1.50 bits per heavy atom. The Balaban J connectivity index is 1.34. The smallest absolute Gasteiger partial charge is 0.273 e. The predicted molar refractivity (Wildman–Crippen MR) is 284 cm³/mol. The zero-order chi connectivity index (χ0) is 45.7. The zero-order valence-electron chi connectivity index (χ0n) is 39.8. The maximum atomic E-state index is 2.63. The standard InChI is InChI=1S/C62H58BN3/c1-60(2,3)45-30-34-49(35-31-45)64-52-27-19-18-26-51(52)63-56-53(64)39-47(62(7,8)9)40-54(56)65(50-36-32-46(33-37-50)61(4,5)6)58-55(42-21-12-10-13-22-42)57(66(59(58)63)48-24-14-11-15-25-48)44-29-28-41-20-16-17-23-43(41)38-44/h10-40H,1-9H3. The van der Waals surface area contributed by atoms with E-state index in [1.165, 1.54) is 89.1 Å². The average molecular weight is 856 g/mol. The van der Waals surface area contributed by atoms with Crippen molar-refractivity contribution in [2.75, 3.05) is 9.80 Å². The van der Waals surface area contributed by atoms with Crippen molar-refractivity contribution in [1.29, 1.82) is 0 Å². The van der Waals surface area contributed by atoms with Crippen LogP contribution in [0.5, 0.6) is 0 Å². The summed E-state index contributed by atoms with van der Waals surface area (Å²) >= 11 is 0. The van der Waals surface area contributed by atoms with Crippen molar-refractivity contribution >= 4 is 68.1 Å². The lowest BCUT2D eigenvalue weighted by molar-refractivity contribution is 0.590. The summed E-state index contributed by atoms with van der Waals surface area (Å²) in [6.07, 6.45) is 0. The molecule has 324 valence electrons. The van der Waals surface area contributed by atoms with Gasteiger partial charge in [0.15, 0.2) is 0 Å². The summed E-state index contributed by atoms with van der Waals surface area (Å²) in [5.74, 6) is 0. The molecule has 8 aromatic carbocycles. The minimum absolute atomic E-state index is 0.00381. The largest absolute Gasteiger partial charge is 0.319 e. The lowest BCUT2D eigenvalue weighted by Gasteiger charge is -2.45.